The predicted octanol–water partition coefficient (Wildman–Crippen LogP) is -2.17. The van der Waals surface area contributed by atoms with Crippen molar-refractivity contribution in [2.75, 3.05) is 13.2 Å². The van der Waals surface area contributed by atoms with Gasteiger partial charge in [0, 0.05) is 0 Å². The molecule has 0 aliphatic carbocycles. The lowest BCUT2D eigenvalue weighted by Crippen LogP contribution is -2.54. The fraction of sp³-hybridized carbons (Fsp3) is 1.00. The second-order valence-corrected chi connectivity index (χ2v) is 2.84. The second-order valence-electron chi connectivity index (χ2n) is 2.84. The van der Waals surface area contributed by atoms with E-state index in [9.17, 15) is 10.2 Å². The van der Waals surface area contributed by atoms with E-state index >= 15 is 0 Å². The van der Waals surface area contributed by atoms with Crippen molar-refractivity contribution in [3.63, 3.8) is 0 Å². The molecule has 12 heavy (non-hydrogen) atoms. The smallest absolute Gasteiger partial charge is 0.139 e. The quantitative estimate of drug-likeness (QED) is 0.331. The van der Waals surface area contributed by atoms with E-state index in [0.717, 1.165) is 0 Å². The van der Waals surface area contributed by atoms with Crippen molar-refractivity contribution in [3.8, 4) is 0 Å². The Morgan fingerprint density at radius 1 is 1.17 bits per heavy atom. The molecule has 0 saturated carbocycles. The highest BCUT2D eigenvalue weighted by molar-refractivity contribution is 4.89. The van der Waals surface area contributed by atoms with Gasteiger partial charge in [-0.2, -0.15) is 0 Å². The summed E-state index contributed by atoms with van der Waals surface area (Å²) in [5.74, 6) is 0. The van der Waals surface area contributed by atoms with Crippen molar-refractivity contribution in [1.29, 1.82) is 0 Å². The van der Waals surface area contributed by atoms with Gasteiger partial charge in [0.2, 0.25) is 0 Å². The molecule has 0 aromatic carbocycles. The number of rotatable bonds is 5. The molecule has 0 spiro atoms. The first-order chi connectivity index (χ1) is 5.51. The lowest BCUT2D eigenvalue weighted by atomic mass is 9.93. The van der Waals surface area contributed by atoms with Gasteiger partial charge in [0.1, 0.15) is 11.7 Å². The second kappa shape index (κ2) is 4.74. The zero-order valence-corrected chi connectivity index (χ0v) is 7.01. The van der Waals surface area contributed by atoms with Crippen molar-refractivity contribution in [1.82, 2.24) is 0 Å². The summed E-state index contributed by atoms with van der Waals surface area (Å²) in [7, 11) is 0. The molecule has 0 saturated heterocycles. The Bertz CT molecular complexity index is 123. The largest absolute Gasteiger partial charge is 0.393 e. The third kappa shape index (κ3) is 2.40. The fourth-order valence-corrected chi connectivity index (χ4v) is 0.818. The van der Waals surface area contributed by atoms with Crippen LogP contribution in [-0.4, -0.2) is 56.6 Å². The molecule has 2 unspecified atom stereocenters. The molecule has 5 nitrogen and oxygen atoms in total. The summed E-state index contributed by atoms with van der Waals surface area (Å²) in [6.07, 6.45) is -2.43. The van der Waals surface area contributed by atoms with Gasteiger partial charge in [0.15, 0.2) is 0 Å². The van der Waals surface area contributed by atoms with Crippen LogP contribution in [0.1, 0.15) is 13.3 Å². The van der Waals surface area contributed by atoms with E-state index in [0.29, 0.717) is 0 Å². The Morgan fingerprint density at radius 3 is 1.83 bits per heavy atom. The van der Waals surface area contributed by atoms with E-state index in [-0.39, 0.29) is 6.42 Å². The van der Waals surface area contributed by atoms with Crippen molar-refractivity contribution in [3.05, 3.63) is 0 Å². The third-order valence-corrected chi connectivity index (χ3v) is 1.88. The number of aliphatic hydroxyl groups excluding tert-OH is 4. The summed E-state index contributed by atoms with van der Waals surface area (Å²) in [6, 6.07) is 0. The molecular formula is C7H16O5. The summed E-state index contributed by atoms with van der Waals surface area (Å²) < 4.78 is 0. The van der Waals surface area contributed by atoms with Crippen LogP contribution in [0.4, 0.5) is 0 Å². The van der Waals surface area contributed by atoms with Crippen molar-refractivity contribution in [2.45, 2.75) is 31.2 Å². The van der Waals surface area contributed by atoms with Gasteiger partial charge in [-0.1, -0.05) is 6.92 Å². The minimum absolute atomic E-state index is 0.240. The lowest BCUT2D eigenvalue weighted by molar-refractivity contribution is -0.164. The first-order valence-corrected chi connectivity index (χ1v) is 3.82. The molecule has 0 aliphatic heterocycles. The molecule has 0 amide bonds. The minimum atomic E-state index is -2.02. The number of hydrogen-bond acceptors (Lipinski definition) is 5. The van der Waals surface area contributed by atoms with Crippen LogP contribution in [0.5, 0.6) is 0 Å². The van der Waals surface area contributed by atoms with Crippen molar-refractivity contribution in [2.24, 2.45) is 0 Å². The highest BCUT2D eigenvalue weighted by atomic mass is 16.4. The maximum Gasteiger partial charge on any atom is 0.139 e. The van der Waals surface area contributed by atoms with E-state index in [2.05, 4.69) is 0 Å². The molecule has 0 rings (SSSR count). The van der Waals surface area contributed by atoms with Crippen LogP contribution >= 0.6 is 0 Å². The van der Waals surface area contributed by atoms with E-state index < -0.39 is 31.0 Å². The van der Waals surface area contributed by atoms with Gasteiger partial charge in [-0.05, 0) is 6.42 Å². The summed E-state index contributed by atoms with van der Waals surface area (Å²) >= 11 is 0. The molecule has 74 valence electrons. The maximum absolute atomic E-state index is 9.29. The molecular weight excluding hydrogens is 164 g/mol. The summed E-state index contributed by atoms with van der Waals surface area (Å²) in [6.45, 7) is 0.0342. The van der Waals surface area contributed by atoms with Crippen LogP contribution in [0.3, 0.4) is 0 Å². The van der Waals surface area contributed by atoms with Gasteiger partial charge in [-0.25, -0.2) is 0 Å². The van der Waals surface area contributed by atoms with Gasteiger partial charge in [0.05, 0.1) is 19.3 Å². The molecule has 0 aromatic heterocycles. The van der Waals surface area contributed by atoms with E-state index in [1.807, 2.05) is 0 Å². The van der Waals surface area contributed by atoms with Crippen LogP contribution in [0.2, 0.25) is 0 Å². The minimum Gasteiger partial charge on any atom is -0.393 e. The van der Waals surface area contributed by atoms with Gasteiger partial charge in [0.25, 0.3) is 0 Å². The monoisotopic (exact) mass is 180 g/mol. The molecule has 0 heterocycles. The average Bonchev–Trinajstić information content (AvgIpc) is 2.14. The molecule has 0 bridgehead atoms. The average molecular weight is 180 g/mol. The zero-order chi connectivity index (χ0) is 9.78. The maximum atomic E-state index is 9.29. The SMILES string of the molecule is CCC(O)C(O)C(O)(CO)CO. The van der Waals surface area contributed by atoms with Crippen molar-refractivity contribution < 1.29 is 25.5 Å². The van der Waals surface area contributed by atoms with Crippen LogP contribution < -0.4 is 0 Å². The molecule has 0 fully saturated rings. The molecule has 0 aromatic rings. The third-order valence-electron chi connectivity index (χ3n) is 1.88. The lowest BCUT2D eigenvalue weighted by Gasteiger charge is -2.31. The van der Waals surface area contributed by atoms with Gasteiger partial charge < -0.3 is 25.5 Å². The van der Waals surface area contributed by atoms with Crippen molar-refractivity contribution >= 4 is 0 Å². The number of aliphatic hydroxyl groups is 5. The summed E-state index contributed by atoms with van der Waals surface area (Å²) in [4.78, 5) is 0. The van der Waals surface area contributed by atoms with E-state index in [4.69, 9.17) is 15.3 Å². The fourth-order valence-electron chi connectivity index (χ4n) is 0.818. The summed E-state index contributed by atoms with van der Waals surface area (Å²) in [5.41, 5.74) is -2.02. The highest BCUT2D eigenvalue weighted by Gasteiger charge is 2.38. The van der Waals surface area contributed by atoms with E-state index in [1.165, 1.54) is 0 Å². The topological polar surface area (TPSA) is 101 Å². The highest BCUT2D eigenvalue weighted by Crippen LogP contribution is 2.14. The van der Waals surface area contributed by atoms with Crippen LogP contribution in [0.25, 0.3) is 0 Å². The molecule has 5 N–H and O–H groups in total. The normalized spacial score (nSPS) is 17.5. The molecule has 0 radical (unpaired) electrons. The number of hydrogen-bond donors (Lipinski definition) is 5. The van der Waals surface area contributed by atoms with E-state index in [1.54, 1.807) is 6.92 Å². The summed E-state index contributed by atoms with van der Waals surface area (Å²) in [5, 5.41) is 44.8. The first kappa shape index (κ1) is 11.8. The Hall–Kier alpha value is -0.200. The Morgan fingerprint density at radius 2 is 1.58 bits per heavy atom. The Labute approximate surface area is 70.9 Å². The van der Waals surface area contributed by atoms with Gasteiger partial charge in [-0.3, -0.25) is 0 Å². The standard InChI is InChI=1S/C7H16O5/c1-2-5(10)6(11)7(12,3-8)4-9/h5-6,8-12H,2-4H2,1H3. The van der Waals surface area contributed by atoms with Crippen LogP contribution in [0, 0.1) is 0 Å². The van der Waals surface area contributed by atoms with Gasteiger partial charge in [-0.15, -0.1) is 0 Å². The first-order valence-electron chi connectivity index (χ1n) is 3.82. The van der Waals surface area contributed by atoms with Crippen LogP contribution in [-0.2, 0) is 0 Å². The van der Waals surface area contributed by atoms with Gasteiger partial charge >= 0.3 is 0 Å². The Balaban J connectivity index is 4.29. The molecule has 0 aliphatic rings. The zero-order valence-electron chi connectivity index (χ0n) is 7.01. The molecule has 5 heteroatoms. The predicted molar refractivity (Wildman–Crippen MR) is 41.4 cm³/mol. The van der Waals surface area contributed by atoms with Crippen LogP contribution in [0.15, 0.2) is 0 Å². The molecule has 2 atom stereocenters. The Kier molecular flexibility index (Phi) is 4.66.